The van der Waals surface area contributed by atoms with Crippen LogP contribution in [0, 0.1) is 0 Å². The minimum absolute atomic E-state index is 0.209. The summed E-state index contributed by atoms with van der Waals surface area (Å²) in [6.45, 7) is 6.69. The maximum Gasteiger partial charge on any atom is 0.246 e. The molecule has 1 aromatic heterocycles. The van der Waals surface area contributed by atoms with E-state index >= 15 is 0 Å². The molecule has 0 unspecified atom stereocenters. The number of nitrogens with one attached hydrogen (secondary N) is 1. The molecule has 1 N–H and O–H groups in total. The molecule has 0 spiro atoms. The van der Waals surface area contributed by atoms with Gasteiger partial charge in [-0.2, -0.15) is 5.10 Å². The number of carbonyl (C=O) groups is 1. The quantitative estimate of drug-likeness (QED) is 0.830. The summed E-state index contributed by atoms with van der Waals surface area (Å²) < 4.78 is 25.4. The van der Waals surface area contributed by atoms with Crippen molar-refractivity contribution in [3.8, 4) is 0 Å². The molecule has 8 heteroatoms. The molecule has 0 bridgehead atoms. The van der Waals surface area contributed by atoms with Crippen LogP contribution in [-0.2, 0) is 21.7 Å². The molecule has 1 rings (SSSR count). The molecule has 0 radical (unpaired) electrons. The molecule has 0 fully saturated rings. The van der Waals surface area contributed by atoms with Crippen LogP contribution in [0.2, 0.25) is 0 Å². The second-order valence-corrected chi connectivity index (χ2v) is 7.25. The third kappa shape index (κ3) is 3.06. The fourth-order valence-electron chi connectivity index (χ4n) is 1.31. The first kappa shape index (κ1) is 14.6. The maximum atomic E-state index is 12.2. The summed E-state index contributed by atoms with van der Waals surface area (Å²) in [6.07, 6.45) is 1.14. The summed E-state index contributed by atoms with van der Waals surface area (Å²) in [4.78, 5) is 15.5. The van der Waals surface area contributed by atoms with Crippen molar-refractivity contribution in [1.29, 1.82) is 0 Å². The summed E-state index contributed by atoms with van der Waals surface area (Å²) in [5, 5.41) is 4.91. The highest BCUT2D eigenvalue weighted by atomic mass is 32.2. The molecule has 0 saturated heterocycles. The topological polar surface area (TPSA) is 93.9 Å². The van der Waals surface area contributed by atoms with Crippen LogP contribution in [0.25, 0.3) is 0 Å². The number of hydrogen-bond donors (Lipinski definition) is 1. The van der Waals surface area contributed by atoms with E-state index in [2.05, 4.69) is 15.4 Å². The maximum absolute atomic E-state index is 12.2. The van der Waals surface area contributed by atoms with Crippen molar-refractivity contribution >= 4 is 15.7 Å². The Hall–Kier alpha value is -1.44. The number of carbonyl (C=O) groups excluding carboxylic acids is 1. The number of rotatable bonds is 3. The highest BCUT2D eigenvalue weighted by Crippen LogP contribution is 2.13. The Kier molecular flexibility index (Phi) is 3.80. The Morgan fingerprint density at radius 3 is 2.39 bits per heavy atom. The van der Waals surface area contributed by atoms with Gasteiger partial charge in [0.25, 0.3) is 0 Å². The van der Waals surface area contributed by atoms with Gasteiger partial charge < -0.3 is 5.32 Å². The Labute approximate surface area is 107 Å². The average molecular weight is 274 g/mol. The van der Waals surface area contributed by atoms with E-state index in [4.69, 9.17) is 0 Å². The van der Waals surface area contributed by atoms with Gasteiger partial charge in [0.1, 0.15) is 11.6 Å². The van der Waals surface area contributed by atoms with E-state index in [-0.39, 0.29) is 5.16 Å². The zero-order valence-electron chi connectivity index (χ0n) is 11.1. The number of amides is 1. The van der Waals surface area contributed by atoms with Crippen molar-refractivity contribution in [2.24, 2.45) is 7.05 Å². The lowest BCUT2D eigenvalue weighted by Gasteiger charge is -2.22. The van der Waals surface area contributed by atoms with Gasteiger partial charge in [-0.1, -0.05) is 0 Å². The molecule has 0 aliphatic carbocycles. The highest BCUT2D eigenvalue weighted by Gasteiger charge is 2.34. The first-order valence-electron chi connectivity index (χ1n) is 5.45. The van der Waals surface area contributed by atoms with Crippen molar-refractivity contribution in [3.05, 3.63) is 6.33 Å². The van der Waals surface area contributed by atoms with Crippen LogP contribution in [0.5, 0.6) is 0 Å². The third-order valence-corrected chi connectivity index (χ3v) is 4.28. The molecule has 1 atom stereocenters. The standard InChI is InChI=1S/C10H18N4O3S/c1-7(8(15)13-10(2,3)4)18(16,17)9-11-6-12-14(9)5/h6-7H,1-5H3,(H,13,15)/t7-/m1/s1. The van der Waals surface area contributed by atoms with Gasteiger partial charge in [-0.15, -0.1) is 0 Å². The molecular weight excluding hydrogens is 256 g/mol. The van der Waals surface area contributed by atoms with Crippen LogP contribution in [0.15, 0.2) is 11.5 Å². The Morgan fingerprint density at radius 1 is 1.44 bits per heavy atom. The summed E-state index contributed by atoms with van der Waals surface area (Å²) in [5.41, 5.74) is -0.485. The molecule has 1 heterocycles. The van der Waals surface area contributed by atoms with Crippen molar-refractivity contribution < 1.29 is 13.2 Å². The number of aryl methyl sites for hydroxylation is 1. The zero-order valence-corrected chi connectivity index (χ0v) is 11.9. The zero-order chi connectivity index (χ0) is 14.1. The molecular formula is C10H18N4O3S. The monoisotopic (exact) mass is 274 g/mol. The van der Waals surface area contributed by atoms with E-state index in [9.17, 15) is 13.2 Å². The van der Waals surface area contributed by atoms with Crippen LogP contribution in [-0.4, -0.2) is 39.9 Å². The van der Waals surface area contributed by atoms with Crippen molar-refractivity contribution in [1.82, 2.24) is 20.1 Å². The van der Waals surface area contributed by atoms with Gasteiger partial charge >= 0.3 is 0 Å². The molecule has 1 amide bonds. The smallest absolute Gasteiger partial charge is 0.246 e. The Bertz CT molecular complexity index is 542. The van der Waals surface area contributed by atoms with Crippen LogP contribution >= 0.6 is 0 Å². The van der Waals surface area contributed by atoms with Gasteiger partial charge in [-0.3, -0.25) is 4.79 Å². The second kappa shape index (κ2) is 4.68. The van der Waals surface area contributed by atoms with Gasteiger partial charge in [0, 0.05) is 12.6 Å². The summed E-state index contributed by atoms with van der Waals surface area (Å²) in [5.74, 6) is -0.550. The number of sulfone groups is 1. The van der Waals surface area contributed by atoms with Crippen LogP contribution in [0.1, 0.15) is 27.7 Å². The second-order valence-electron chi connectivity index (χ2n) is 5.09. The fraction of sp³-hybridized carbons (Fsp3) is 0.700. The van der Waals surface area contributed by atoms with Gasteiger partial charge in [0.05, 0.1) is 0 Å². The number of hydrogen-bond acceptors (Lipinski definition) is 5. The first-order chi connectivity index (χ1) is 8.05. The highest BCUT2D eigenvalue weighted by molar-refractivity contribution is 7.92. The predicted molar refractivity (Wildman–Crippen MR) is 65.5 cm³/mol. The normalized spacial score (nSPS) is 14.3. The first-order valence-corrected chi connectivity index (χ1v) is 7.00. The average Bonchev–Trinajstić information content (AvgIpc) is 2.61. The van der Waals surface area contributed by atoms with Gasteiger partial charge in [0.2, 0.25) is 20.9 Å². The lowest BCUT2D eigenvalue weighted by atomic mass is 10.1. The largest absolute Gasteiger partial charge is 0.350 e. The Balaban J connectivity index is 3.01. The Morgan fingerprint density at radius 2 is 2.00 bits per heavy atom. The molecule has 0 aliphatic heterocycles. The van der Waals surface area contributed by atoms with Gasteiger partial charge in [0.15, 0.2) is 0 Å². The van der Waals surface area contributed by atoms with Crippen molar-refractivity contribution in [2.45, 2.75) is 43.6 Å². The minimum Gasteiger partial charge on any atom is -0.350 e. The van der Waals surface area contributed by atoms with Crippen molar-refractivity contribution in [3.63, 3.8) is 0 Å². The molecule has 1 aromatic rings. The van der Waals surface area contributed by atoms with Gasteiger partial charge in [-0.25, -0.2) is 18.1 Å². The third-order valence-electron chi connectivity index (χ3n) is 2.26. The lowest BCUT2D eigenvalue weighted by molar-refractivity contribution is -0.121. The van der Waals surface area contributed by atoms with E-state index in [1.807, 2.05) is 0 Å². The SMILES string of the molecule is C[C@H](C(=O)NC(C)(C)C)S(=O)(=O)c1ncnn1C. The summed E-state index contributed by atoms with van der Waals surface area (Å²) in [7, 11) is -2.35. The van der Waals surface area contributed by atoms with Crippen LogP contribution < -0.4 is 5.32 Å². The fourth-order valence-corrected chi connectivity index (χ4v) is 2.58. The van der Waals surface area contributed by atoms with E-state index in [1.165, 1.54) is 14.0 Å². The van der Waals surface area contributed by atoms with Crippen molar-refractivity contribution in [2.75, 3.05) is 0 Å². The molecule has 0 saturated carbocycles. The minimum atomic E-state index is -3.82. The lowest BCUT2D eigenvalue weighted by Crippen LogP contribution is -2.47. The molecule has 7 nitrogen and oxygen atoms in total. The number of nitrogens with zero attached hydrogens (tertiary/aromatic N) is 3. The van der Waals surface area contributed by atoms with E-state index in [0.29, 0.717) is 0 Å². The van der Waals surface area contributed by atoms with Gasteiger partial charge in [-0.05, 0) is 27.7 Å². The number of aromatic nitrogens is 3. The summed E-state index contributed by atoms with van der Waals surface area (Å²) >= 11 is 0. The molecule has 102 valence electrons. The predicted octanol–water partition coefficient (Wildman–Crippen LogP) is -0.108. The van der Waals surface area contributed by atoms with E-state index in [1.54, 1.807) is 20.8 Å². The van der Waals surface area contributed by atoms with Crippen LogP contribution in [0.4, 0.5) is 0 Å². The molecule has 18 heavy (non-hydrogen) atoms. The summed E-state index contributed by atoms with van der Waals surface area (Å²) in [6, 6.07) is 0. The molecule has 0 aliphatic rings. The molecule has 0 aromatic carbocycles. The van der Waals surface area contributed by atoms with E-state index < -0.39 is 26.5 Å². The van der Waals surface area contributed by atoms with Crippen LogP contribution in [0.3, 0.4) is 0 Å². The van der Waals surface area contributed by atoms with E-state index in [0.717, 1.165) is 11.0 Å².